The highest BCUT2D eigenvalue weighted by molar-refractivity contribution is 5.66. The number of fused-ring (bicyclic) bond motifs is 3. The van der Waals surface area contributed by atoms with Crippen LogP contribution >= 0.6 is 0 Å². The average molecular weight is 502 g/mol. The van der Waals surface area contributed by atoms with Crippen molar-refractivity contribution in [2.45, 2.75) is 51.5 Å². The van der Waals surface area contributed by atoms with Gasteiger partial charge in [0.1, 0.15) is 18.8 Å². The Bertz CT molecular complexity index is 1180. The molecule has 3 aromatic carbocycles. The molecule has 0 aliphatic carbocycles. The van der Waals surface area contributed by atoms with E-state index in [1.165, 1.54) is 12.5 Å². The van der Waals surface area contributed by atoms with E-state index < -0.39 is 12.2 Å². The van der Waals surface area contributed by atoms with Gasteiger partial charge in [0.05, 0.1) is 25.4 Å². The topological polar surface area (TPSA) is 57.2 Å². The molecule has 37 heavy (non-hydrogen) atoms. The predicted octanol–water partition coefficient (Wildman–Crippen LogP) is 5.23. The van der Waals surface area contributed by atoms with Crippen LogP contribution in [0.5, 0.6) is 0 Å². The summed E-state index contributed by atoms with van der Waals surface area (Å²) in [6.07, 6.45) is -1.33. The molecule has 0 spiro atoms. The Morgan fingerprint density at radius 2 is 1.54 bits per heavy atom. The summed E-state index contributed by atoms with van der Waals surface area (Å²) in [5.41, 5.74) is 5.67. The minimum Gasteiger partial charge on any atom is -0.463 e. The highest BCUT2D eigenvalue weighted by atomic mass is 16.6. The number of benzene rings is 3. The summed E-state index contributed by atoms with van der Waals surface area (Å²) >= 11 is 0. The van der Waals surface area contributed by atoms with E-state index in [9.17, 15) is 4.79 Å². The monoisotopic (exact) mass is 501 g/mol. The molecule has 5 rings (SSSR count). The van der Waals surface area contributed by atoms with Crippen molar-refractivity contribution in [2.75, 3.05) is 25.1 Å². The third kappa shape index (κ3) is 5.87. The Balaban J connectivity index is 1.48. The van der Waals surface area contributed by atoms with Gasteiger partial charge in [0.15, 0.2) is 0 Å². The number of hydrogen-bond acceptors (Lipinski definition) is 6. The molecule has 6 heteroatoms. The maximum absolute atomic E-state index is 11.8. The minimum atomic E-state index is -0.466. The molecule has 6 nitrogen and oxygen atoms in total. The van der Waals surface area contributed by atoms with Crippen LogP contribution in [0.3, 0.4) is 0 Å². The van der Waals surface area contributed by atoms with Gasteiger partial charge in [-0.05, 0) is 29.7 Å². The van der Waals surface area contributed by atoms with Crippen molar-refractivity contribution < 1.29 is 23.7 Å². The number of carbonyl (C=O) groups excluding carboxylic acids is 1. The number of rotatable bonds is 8. The lowest BCUT2D eigenvalue weighted by atomic mass is 9.79. The lowest BCUT2D eigenvalue weighted by Crippen LogP contribution is -2.58. The summed E-state index contributed by atoms with van der Waals surface area (Å²) in [4.78, 5) is 14.1. The van der Waals surface area contributed by atoms with Crippen LogP contribution in [0.1, 0.15) is 35.3 Å². The Hall–Kier alpha value is -3.19. The largest absolute Gasteiger partial charge is 0.463 e. The summed E-state index contributed by atoms with van der Waals surface area (Å²) in [5.74, 6) is -0.299. The van der Waals surface area contributed by atoms with Crippen LogP contribution in [0.15, 0.2) is 78.9 Å². The van der Waals surface area contributed by atoms with Crippen LogP contribution in [0.25, 0.3) is 0 Å². The Morgan fingerprint density at radius 3 is 2.16 bits per heavy atom. The molecule has 5 atom stereocenters. The van der Waals surface area contributed by atoms with Gasteiger partial charge in [0.2, 0.25) is 0 Å². The van der Waals surface area contributed by atoms with E-state index in [4.69, 9.17) is 18.9 Å². The zero-order chi connectivity index (χ0) is 25.8. The van der Waals surface area contributed by atoms with Gasteiger partial charge >= 0.3 is 5.97 Å². The summed E-state index contributed by atoms with van der Waals surface area (Å²) in [6, 6.07) is 26.7. The van der Waals surface area contributed by atoms with Crippen molar-refractivity contribution in [3.8, 4) is 0 Å². The number of carbonyl (C=O) groups is 1. The van der Waals surface area contributed by atoms with Crippen LogP contribution in [0.4, 0.5) is 5.69 Å². The highest BCUT2D eigenvalue weighted by Gasteiger charge is 2.50. The first-order chi connectivity index (χ1) is 18.0. The molecule has 0 unspecified atom stereocenters. The van der Waals surface area contributed by atoms with E-state index >= 15 is 0 Å². The standard InChI is InChI=1S/C31H35NO5/c1-21-14-15-25-27(16-21)32(3)17-26-29(25)37-28(20-34-22(2)33)31(36-19-24-12-8-5-9-13-24)30(26)35-18-23-10-6-4-7-11-23/h4-16,26,28-31H,17-20H2,1-3H3/t26-,28+,29+,30+,31+/m0/s1. The highest BCUT2D eigenvalue weighted by Crippen LogP contribution is 2.47. The summed E-state index contributed by atoms with van der Waals surface area (Å²) in [7, 11) is 2.12. The van der Waals surface area contributed by atoms with Gasteiger partial charge in [-0.15, -0.1) is 0 Å². The molecule has 1 fully saturated rings. The third-order valence-corrected chi connectivity index (χ3v) is 7.23. The Morgan fingerprint density at radius 1 is 0.919 bits per heavy atom. The minimum absolute atomic E-state index is 0.0401. The number of aryl methyl sites for hydroxylation is 1. The molecule has 2 aliphatic rings. The van der Waals surface area contributed by atoms with Crippen molar-refractivity contribution in [1.82, 2.24) is 0 Å². The van der Waals surface area contributed by atoms with Crippen molar-refractivity contribution in [1.29, 1.82) is 0 Å². The van der Waals surface area contributed by atoms with Crippen molar-refractivity contribution in [2.24, 2.45) is 5.92 Å². The number of esters is 1. The molecule has 2 heterocycles. The van der Waals surface area contributed by atoms with Gasteiger partial charge < -0.3 is 23.8 Å². The normalized spacial score (nSPS) is 24.7. The van der Waals surface area contributed by atoms with Crippen LogP contribution in [0.2, 0.25) is 0 Å². The van der Waals surface area contributed by atoms with Crippen LogP contribution in [0, 0.1) is 12.8 Å². The molecule has 2 aliphatic heterocycles. The molecular formula is C31H35NO5. The molecule has 0 saturated carbocycles. The number of nitrogens with zero attached hydrogens (tertiary/aromatic N) is 1. The second kappa shape index (κ2) is 11.5. The number of anilines is 1. The molecule has 1 saturated heterocycles. The average Bonchev–Trinajstić information content (AvgIpc) is 2.91. The van der Waals surface area contributed by atoms with E-state index in [0.717, 1.165) is 28.9 Å². The fourth-order valence-corrected chi connectivity index (χ4v) is 5.42. The first kappa shape index (κ1) is 25.5. The van der Waals surface area contributed by atoms with Gasteiger partial charge in [-0.2, -0.15) is 0 Å². The van der Waals surface area contributed by atoms with Gasteiger partial charge in [0.25, 0.3) is 0 Å². The summed E-state index contributed by atoms with van der Waals surface area (Å²) < 4.78 is 25.4. The quantitative estimate of drug-likeness (QED) is 0.394. The number of ether oxygens (including phenoxy) is 4. The van der Waals surface area contributed by atoms with Crippen molar-refractivity contribution >= 4 is 11.7 Å². The fourth-order valence-electron chi connectivity index (χ4n) is 5.42. The summed E-state index contributed by atoms with van der Waals surface area (Å²) in [5, 5.41) is 0. The lowest BCUT2D eigenvalue weighted by molar-refractivity contribution is -0.245. The van der Waals surface area contributed by atoms with Crippen LogP contribution < -0.4 is 4.90 Å². The first-order valence-corrected chi connectivity index (χ1v) is 12.9. The molecule has 0 aromatic heterocycles. The van der Waals surface area contributed by atoms with Gasteiger partial charge in [-0.1, -0.05) is 72.8 Å². The molecule has 3 aromatic rings. The zero-order valence-electron chi connectivity index (χ0n) is 21.7. The lowest BCUT2D eigenvalue weighted by Gasteiger charge is -2.50. The molecule has 0 amide bonds. The zero-order valence-corrected chi connectivity index (χ0v) is 21.7. The molecular weight excluding hydrogens is 466 g/mol. The number of hydrogen-bond donors (Lipinski definition) is 0. The fraction of sp³-hybridized carbons (Fsp3) is 0.387. The molecule has 0 radical (unpaired) electrons. The third-order valence-electron chi connectivity index (χ3n) is 7.23. The second-order valence-electron chi connectivity index (χ2n) is 10.0. The van der Waals surface area contributed by atoms with Crippen LogP contribution in [-0.2, 0) is 37.0 Å². The van der Waals surface area contributed by atoms with E-state index in [1.807, 2.05) is 48.5 Å². The maximum atomic E-state index is 11.8. The molecule has 0 bridgehead atoms. The van der Waals surface area contributed by atoms with E-state index in [-0.39, 0.29) is 30.7 Å². The van der Waals surface area contributed by atoms with E-state index in [2.05, 4.69) is 49.2 Å². The van der Waals surface area contributed by atoms with E-state index in [0.29, 0.717) is 13.2 Å². The Labute approximate surface area is 219 Å². The maximum Gasteiger partial charge on any atom is 0.302 e. The smallest absolute Gasteiger partial charge is 0.302 e. The second-order valence-corrected chi connectivity index (χ2v) is 10.0. The van der Waals surface area contributed by atoms with Crippen molar-refractivity contribution in [3.63, 3.8) is 0 Å². The summed E-state index contributed by atoms with van der Waals surface area (Å²) in [6.45, 7) is 5.28. The van der Waals surface area contributed by atoms with E-state index in [1.54, 1.807) is 0 Å². The van der Waals surface area contributed by atoms with Gasteiger partial charge in [-0.3, -0.25) is 4.79 Å². The van der Waals surface area contributed by atoms with Gasteiger partial charge in [0, 0.05) is 37.7 Å². The molecule has 0 N–H and O–H groups in total. The van der Waals surface area contributed by atoms with Crippen molar-refractivity contribution in [3.05, 3.63) is 101 Å². The van der Waals surface area contributed by atoms with Crippen LogP contribution in [-0.4, -0.2) is 44.5 Å². The molecule has 194 valence electrons. The SMILES string of the molecule is CC(=O)OC[C@H]1O[C@@H]2c3ccc(C)cc3N(C)C[C@@H]2[C@@H](OCc2ccccc2)[C@@H]1OCc1ccccc1. The Kier molecular flexibility index (Phi) is 7.89. The van der Waals surface area contributed by atoms with Gasteiger partial charge in [-0.25, -0.2) is 0 Å². The predicted molar refractivity (Wildman–Crippen MR) is 142 cm³/mol. The first-order valence-electron chi connectivity index (χ1n) is 12.9.